The molecule has 4 fully saturated rings. The van der Waals surface area contributed by atoms with Crippen molar-refractivity contribution in [3.63, 3.8) is 0 Å². The number of rotatable bonds is 11. The third-order valence-electron chi connectivity index (χ3n) is 13.4. The van der Waals surface area contributed by atoms with Gasteiger partial charge in [0.25, 0.3) is 23.3 Å². The Hall–Kier alpha value is -6.14. The van der Waals surface area contributed by atoms with Gasteiger partial charge in [-0.25, -0.2) is 9.37 Å². The molecule has 1 spiro atoms. The number of carbonyl (C=O) groups is 5. The van der Waals surface area contributed by atoms with Crippen molar-refractivity contribution in [2.75, 3.05) is 74.6 Å². The van der Waals surface area contributed by atoms with Crippen LogP contribution in [0.15, 0.2) is 47.4 Å². The van der Waals surface area contributed by atoms with Crippen LogP contribution < -0.4 is 36.0 Å². The number of nitrogens with one attached hydrogen (secondary N) is 3. The average Bonchev–Trinajstić information content (AvgIpc) is 3.53. The molecule has 3 N–H and O–H groups in total. The number of hydrogen-bond donors (Lipinski definition) is 3. The monoisotopic (exact) mass is 896 g/mol. The molecule has 64 heavy (non-hydrogen) atoms. The Labute approximate surface area is 373 Å². The van der Waals surface area contributed by atoms with Gasteiger partial charge in [0.1, 0.15) is 16.9 Å². The number of nitrogens with zero attached hydrogens (tertiary/aromatic N) is 7. The molecular formula is C45H50ClFN10O7. The summed E-state index contributed by atoms with van der Waals surface area (Å²) in [6.07, 6.45) is 5.80. The number of ether oxygens (including phenoxy) is 1. The van der Waals surface area contributed by atoms with Crippen LogP contribution in [0.25, 0.3) is 10.9 Å². The fourth-order valence-corrected chi connectivity index (χ4v) is 10.1. The maximum absolute atomic E-state index is 15.1. The lowest BCUT2D eigenvalue weighted by Gasteiger charge is -2.55. The van der Waals surface area contributed by atoms with Crippen molar-refractivity contribution >= 4 is 75.2 Å². The number of carbonyl (C=O) groups excluding carboxylic acids is 5. The van der Waals surface area contributed by atoms with Crippen LogP contribution in [0.4, 0.5) is 27.5 Å². The molecule has 5 aliphatic rings. The zero-order valence-electron chi connectivity index (χ0n) is 35.9. The van der Waals surface area contributed by atoms with Crippen molar-refractivity contribution in [1.29, 1.82) is 0 Å². The summed E-state index contributed by atoms with van der Waals surface area (Å²) in [5, 5.41) is 9.11. The quantitative estimate of drug-likeness (QED) is 0.181. The molecule has 3 saturated heterocycles. The SMILES string of the molecule is CNC(=O)COc1cc2cc(Nc3nc(N4CCN(CC5CCC6(CC5)CN(c5ccc(F)c7c5C(=O)N(C5CCC(=O)NC5=O)C7=O)C6)CC4)ncc3Cl)ccc2n(C(C)C)c1=O. The van der Waals surface area contributed by atoms with Crippen LogP contribution in [0.5, 0.6) is 5.75 Å². The van der Waals surface area contributed by atoms with Crippen LogP contribution in [0.1, 0.15) is 79.1 Å². The van der Waals surface area contributed by atoms with E-state index in [-0.39, 0.29) is 59.2 Å². The van der Waals surface area contributed by atoms with Gasteiger partial charge in [0.2, 0.25) is 17.8 Å². The highest BCUT2D eigenvalue weighted by Gasteiger charge is 2.51. The summed E-state index contributed by atoms with van der Waals surface area (Å²) in [4.78, 5) is 93.3. The normalized spacial score (nSPS) is 20.2. The van der Waals surface area contributed by atoms with Crippen molar-refractivity contribution in [1.82, 2.24) is 35.0 Å². The van der Waals surface area contributed by atoms with Crippen molar-refractivity contribution in [3.8, 4) is 5.75 Å². The maximum atomic E-state index is 15.1. The van der Waals surface area contributed by atoms with E-state index in [2.05, 4.69) is 30.7 Å². The standard InChI is InChI=1S/C45H50ClFN10O7/c1-25(2)56-31-6-4-28(18-27(31)19-34(41(56)61)64-22-36(59)48-3)50-39-29(46)20-49-44(52-39)54-16-14-53(15-17-54)21-26-10-12-45(13-11-26)23-55(24-45)32-7-5-30(47)37-38(32)43(63)57(42(37)62)33-8-9-35(58)51-40(33)60/h4-7,18-20,25-26,33H,8-17,21-24H2,1-3H3,(H,48,59)(H,49,50,52)(H,51,58,60). The van der Waals surface area contributed by atoms with E-state index in [1.165, 1.54) is 13.1 Å². The van der Waals surface area contributed by atoms with E-state index < -0.39 is 35.5 Å². The van der Waals surface area contributed by atoms with Crippen molar-refractivity contribution in [2.45, 2.75) is 64.5 Å². The van der Waals surface area contributed by atoms with Gasteiger partial charge in [-0.1, -0.05) is 11.6 Å². The van der Waals surface area contributed by atoms with Gasteiger partial charge < -0.3 is 29.7 Å². The van der Waals surface area contributed by atoms with Gasteiger partial charge in [0, 0.05) is 81.8 Å². The molecule has 1 atom stereocenters. The second kappa shape index (κ2) is 17.1. The first kappa shape index (κ1) is 43.1. The predicted molar refractivity (Wildman–Crippen MR) is 237 cm³/mol. The van der Waals surface area contributed by atoms with Crippen LogP contribution >= 0.6 is 11.6 Å². The zero-order chi connectivity index (χ0) is 45.0. The van der Waals surface area contributed by atoms with Crippen LogP contribution in [0.3, 0.4) is 0 Å². The molecule has 1 unspecified atom stereocenters. The number of amides is 5. The van der Waals surface area contributed by atoms with Crippen molar-refractivity contribution in [2.24, 2.45) is 11.3 Å². The molecule has 1 aliphatic carbocycles. The van der Waals surface area contributed by atoms with Crippen LogP contribution in [-0.4, -0.2) is 119 Å². The van der Waals surface area contributed by atoms with E-state index in [4.69, 9.17) is 21.3 Å². The van der Waals surface area contributed by atoms with Gasteiger partial charge in [-0.3, -0.25) is 43.9 Å². The molecule has 6 heterocycles. The average molecular weight is 897 g/mol. The van der Waals surface area contributed by atoms with E-state index >= 15 is 4.39 Å². The van der Waals surface area contributed by atoms with E-state index in [1.807, 2.05) is 36.9 Å². The molecule has 4 aliphatic heterocycles. The molecule has 5 amide bonds. The summed E-state index contributed by atoms with van der Waals surface area (Å²) in [6, 6.07) is 8.71. The Kier molecular flexibility index (Phi) is 11.5. The highest BCUT2D eigenvalue weighted by Crippen LogP contribution is 2.49. The molecule has 336 valence electrons. The van der Waals surface area contributed by atoms with E-state index in [0.717, 1.165) is 74.2 Å². The van der Waals surface area contributed by atoms with E-state index in [1.54, 1.807) is 22.9 Å². The van der Waals surface area contributed by atoms with Gasteiger partial charge in [-0.2, -0.15) is 4.98 Å². The number of anilines is 4. The predicted octanol–water partition coefficient (Wildman–Crippen LogP) is 4.25. The number of likely N-dealkylation sites (N-methyl/N-ethyl adjacent to an activating group) is 1. The number of piperazine rings is 1. The molecule has 2 aromatic heterocycles. The highest BCUT2D eigenvalue weighted by molar-refractivity contribution is 6.33. The first-order valence-corrected chi connectivity index (χ1v) is 22.2. The van der Waals surface area contributed by atoms with Gasteiger partial charge >= 0.3 is 0 Å². The smallest absolute Gasteiger partial charge is 0.293 e. The number of aromatic nitrogens is 3. The molecule has 1 saturated carbocycles. The second-order valence-electron chi connectivity index (χ2n) is 17.9. The fourth-order valence-electron chi connectivity index (χ4n) is 9.98. The molecule has 0 bridgehead atoms. The zero-order valence-corrected chi connectivity index (χ0v) is 36.7. The first-order valence-electron chi connectivity index (χ1n) is 21.8. The van der Waals surface area contributed by atoms with Crippen LogP contribution in [-0.2, 0) is 14.4 Å². The number of hydrogen-bond acceptors (Lipinski definition) is 13. The Morgan fingerprint density at radius 2 is 1.70 bits per heavy atom. The summed E-state index contributed by atoms with van der Waals surface area (Å²) in [5.41, 5.74) is 1.39. The molecule has 17 nitrogen and oxygen atoms in total. The lowest BCUT2D eigenvalue weighted by Crippen LogP contribution is -2.58. The number of benzene rings is 2. The van der Waals surface area contributed by atoms with Crippen LogP contribution in [0, 0.1) is 17.2 Å². The largest absolute Gasteiger partial charge is 0.478 e. The third kappa shape index (κ3) is 8.01. The second-order valence-corrected chi connectivity index (χ2v) is 18.3. The first-order chi connectivity index (χ1) is 30.7. The van der Waals surface area contributed by atoms with E-state index in [0.29, 0.717) is 47.2 Å². The Bertz CT molecular complexity index is 2630. The lowest BCUT2D eigenvalue weighted by molar-refractivity contribution is -0.136. The third-order valence-corrected chi connectivity index (χ3v) is 13.7. The summed E-state index contributed by atoms with van der Waals surface area (Å²) in [5.74, 6) is -2.22. The van der Waals surface area contributed by atoms with Gasteiger partial charge in [-0.05, 0) is 88.3 Å². The fraction of sp³-hybridized carbons (Fsp3) is 0.467. The number of fused-ring (bicyclic) bond motifs is 2. The number of pyridine rings is 1. The minimum absolute atomic E-state index is 0.000806. The Morgan fingerprint density at radius 1 is 0.969 bits per heavy atom. The van der Waals surface area contributed by atoms with E-state index in [9.17, 15) is 28.8 Å². The summed E-state index contributed by atoms with van der Waals surface area (Å²) < 4.78 is 22.3. The maximum Gasteiger partial charge on any atom is 0.293 e. The molecule has 9 rings (SSSR count). The topological polar surface area (TPSA) is 191 Å². The van der Waals surface area contributed by atoms with Gasteiger partial charge in [0.15, 0.2) is 18.2 Å². The Balaban J connectivity index is 0.784. The lowest BCUT2D eigenvalue weighted by atomic mass is 9.65. The Morgan fingerprint density at radius 3 is 2.41 bits per heavy atom. The molecule has 2 aromatic carbocycles. The van der Waals surface area contributed by atoms with Gasteiger partial charge in [-0.15, -0.1) is 0 Å². The van der Waals surface area contributed by atoms with Crippen molar-refractivity contribution in [3.05, 3.63) is 74.9 Å². The van der Waals surface area contributed by atoms with Crippen LogP contribution in [0.2, 0.25) is 5.02 Å². The van der Waals surface area contributed by atoms with Crippen molar-refractivity contribution < 1.29 is 33.1 Å². The number of piperidine rings is 1. The summed E-state index contributed by atoms with van der Waals surface area (Å²) >= 11 is 6.60. The number of imide groups is 2. The molecule has 4 aromatic rings. The van der Waals surface area contributed by atoms with Gasteiger partial charge in [0.05, 0.1) is 28.5 Å². The molecule has 0 radical (unpaired) electrons. The summed E-state index contributed by atoms with van der Waals surface area (Å²) in [6.45, 7) is 9.15. The molecule has 19 heteroatoms. The minimum Gasteiger partial charge on any atom is -0.478 e. The minimum atomic E-state index is -1.15. The summed E-state index contributed by atoms with van der Waals surface area (Å²) in [7, 11) is 1.51. The molecular weight excluding hydrogens is 847 g/mol. The highest BCUT2D eigenvalue weighted by atomic mass is 35.5. The number of halogens is 2.